The molecule has 0 saturated carbocycles. The number of ether oxygens (including phenoxy) is 4. The predicted octanol–water partition coefficient (Wildman–Crippen LogP) is 3.54. The Morgan fingerprint density at radius 2 is 2.04 bits per heavy atom. The zero-order valence-corrected chi connectivity index (χ0v) is 15.9. The first kappa shape index (κ1) is 19.2. The Labute approximate surface area is 155 Å². The van der Waals surface area contributed by atoms with Gasteiger partial charge in [-0.3, -0.25) is 0 Å². The lowest BCUT2D eigenvalue weighted by Gasteiger charge is -2.15. The highest BCUT2D eigenvalue weighted by Gasteiger charge is 2.16. The maximum atomic E-state index is 11.7. The van der Waals surface area contributed by atoms with Gasteiger partial charge in [0.2, 0.25) is 5.88 Å². The Hall–Kier alpha value is -2.12. The molecular formula is C18H20BrNO5. The van der Waals surface area contributed by atoms with Crippen LogP contribution in [0.5, 0.6) is 11.6 Å². The third-order valence-corrected chi connectivity index (χ3v) is 4.39. The van der Waals surface area contributed by atoms with E-state index in [-0.39, 0.29) is 17.6 Å². The molecule has 134 valence electrons. The van der Waals surface area contributed by atoms with Crippen molar-refractivity contribution >= 4 is 21.9 Å². The quantitative estimate of drug-likeness (QED) is 0.377. The second kappa shape index (κ2) is 9.39. The summed E-state index contributed by atoms with van der Waals surface area (Å²) in [7, 11) is 4.48. The second-order valence-corrected chi connectivity index (χ2v) is 6.28. The number of hydrogen-bond donors (Lipinski definition) is 0. The molecule has 6 nitrogen and oxygen atoms in total. The van der Waals surface area contributed by atoms with Gasteiger partial charge in [0.15, 0.2) is 6.79 Å². The molecule has 1 aromatic heterocycles. The minimum Gasteiger partial charge on any atom is -0.481 e. The standard InChI is InChI=1S/C18H20BrNO5/c1-22-11-25-16-10-20-17(23-2)9-14(16)8-15(19)12-5-4-6-13(7-12)18(21)24-3/h4-7,9-10,15H,8,11H2,1-3H3. The average molecular weight is 410 g/mol. The molecule has 25 heavy (non-hydrogen) atoms. The number of halogens is 1. The third-order valence-electron chi connectivity index (χ3n) is 3.53. The van der Waals surface area contributed by atoms with Crippen LogP contribution in [0.15, 0.2) is 36.5 Å². The number of methoxy groups -OCH3 is 3. The number of aromatic nitrogens is 1. The van der Waals surface area contributed by atoms with E-state index in [1.807, 2.05) is 18.2 Å². The number of hydrogen-bond acceptors (Lipinski definition) is 6. The Kier molecular flexibility index (Phi) is 7.21. The van der Waals surface area contributed by atoms with Crippen LogP contribution in [0.1, 0.15) is 26.3 Å². The molecule has 0 amide bonds. The van der Waals surface area contributed by atoms with Crippen molar-refractivity contribution in [2.75, 3.05) is 28.1 Å². The maximum absolute atomic E-state index is 11.7. The van der Waals surface area contributed by atoms with Gasteiger partial charge in [0.05, 0.1) is 26.0 Å². The van der Waals surface area contributed by atoms with Gasteiger partial charge in [-0.1, -0.05) is 28.1 Å². The first-order valence-electron chi connectivity index (χ1n) is 7.56. The number of esters is 1. The Bertz CT molecular complexity index is 722. The highest BCUT2D eigenvalue weighted by atomic mass is 79.9. The molecule has 0 aliphatic carbocycles. The summed E-state index contributed by atoms with van der Waals surface area (Å²) in [6.45, 7) is 0.131. The van der Waals surface area contributed by atoms with Crippen molar-refractivity contribution in [2.45, 2.75) is 11.2 Å². The average Bonchev–Trinajstić information content (AvgIpc) is 2.66. The minimum atomic E-state index is -0.365. The van der Waals surface area contributed by atoms with Gasteiger partial charge in [-0.2, -0.15) is 0 Å². The van der Waals surface area contributed by atoms with E-state index in [4.69, 9.17) is 18.9 Å². The first-order chi connectivity index (χ1) is 12.1. The summed E-state index contributed by atoms with van der Waals surface area (Å²) >= 11 is 3.68. The largest absolute Gasteiger partial charge is 0.481 e. The van der Waals surface area contributed by atoms with Crippen molar-refractivity contribution in [1.82, 2.24) is 4.98 Å². The van der Waals surface area contributed by atoms with E-state index in [2.05, 4.69) is 20.9 Å². The van der Waals surface area contributed by atoms with Crippen LogP contribution in [0.3, 0.4) is 0 Å². The SMILES string of the molecule is COCOc1cnc(OC)cc1CC(Br)c1cccc(C(=O)OC)c1. The molecule has 0 aliphatic rings. The van der Waals surface area contributed by atoms with Crippen molar-refractivity contribution in [1.29, 1.82) is 0 Å². The van der Waals surface area contributed by atoms with E-state index in [9.17, 15) is 4.79 Å². The van der Waals surface area contributed by atoms with E-state index in [0.717, 1.165) is 11.1 Å². The lowest BCUT2D eigenvalue weighted by molar-refractivity contribution is 0.0500. The minimum absolute atomic E-state index is 0.0332. The summed E-state index contributed by atoms with van der Waals surface area (Å²) < 4.78 is 20.5. The number of pyridine rings is 1. The Morgan fingerprint density at radius 1 is 1.24 bits per heavy atom. The summed E-state index contributed by atoms with van der Waals surface area (Å²) in [5.74, 6) is 0.759. The van der Waals surface area contributed by atoms with Gasteiger partial charge >= 0.3 is 5.97 Å². The summed E-state index contributed by atoms with van der Waals surface area (Å²) in [5, 5.41) is 0. The lowest BCUT2D eigenvalue weighted by atomic mass is 10.0. The van der Waals surface area contributed by atoms with E-state index in [1.54, 1.807) is 32.5 Å². The van der Waals surface area contributed by atoms with Crippen LogP contribution in [0, 0.1) is 0 Å². The normalized spacial score (nSPS) is 11.7. The molecule has 1 aromatic carbocycles. The zero-order chi connectivity index (χ0) is 18.2. The first-order valence-corrected chi connectivity index (χ1v) is 8.47. The van der Waals surface area contributed by atoms with Crippen molar-refractivity contribution < 1.29 is 23.7 Å². The molecule has 2 rings (SSSR count). The van der Waals surface area contributed by atoms with Gasteiger partial charge < -0.3 is 18.9 Å². The van der Waals surface area contributed by atoms with E-state index >= 15 is 0 Å². The molecule has 0 radical (unpaired) electrons. The molecule has 7 heteroatoms. The smallest absolute Gasteiger partial charge is 0.337 e. The molecule has 1 unspecified atom stereocenters. The summed E-state index contributed by atoms with van der Waals surface area (Å²) in [6.07, 6.45) is 2.22. The Morgan fingerprint density at radius 3 is 2.72 bits per heavy atom. The number of rotatable bonds is 8. The topological polar surface area (TPSA) is 66.9 Å². The van der Waals surface area contributed by atoms with Crippen LogP contribution in [0.4, 0.5) is 0 Å². The number of nitrogens with zero attached hydrogens (tertiary/aromatic N) is 1. The van der Waals surface area contributed by atoms with Gasteiger partial charge in [-0.25, -0.2) is 9.78 Å². The molecule has 1 heterocycles. The molecule has 0 aliphatic heterocycles. The lowest BCUT2D eigenvalue weighted by Crippen LogP contribution is -2.06. The summed E-state index contributed by atoms with van der Waals surface area (Å²) in [6, 6.07) is 9.12. The highest BCUT2D eigenvalue weighted by Crippen LogP contribution is 2.32. The van der Waals surface area contributed by atoms with Crippen molar-refractivity contribution in [3.8, 4) is 11.6 Å². The van der Waals surface area contributed by atoms with Crippen LogP contribution in [-0.4, -0.2) is 39.1 Å². The fourth-order valence-electron chi connectivity index (χ4n) is 2.28. The number of carbonyl (C=O) groups excluding carboxylic acids is 1. The van der Waals surface area contributed by atoms with E-state index in [0.29, 0.717) is 23.6 Å². The molecule has 0 bridgehead atoms. The molecule has 0 fully saturated rings. The van der Waals surface area contributed by atoms with Crippen LogP contribution in [0.2, 0.25) is 0 Å². The summed E-state index contributed by atoms with van der Waals surface area (Å²) in [4.78, 5) is 15.8. The molecule has 0 saturated heterocycles. The van der Waals surface area contributed by atoms with E-state index in [1.165, 1.54) is 7.11 Å². The monoisotopic (exact) mass is 409 g/mol. The van der Waals surface area contributed by atoms with Crippen LogP contribution in [0.25, 0.3) is 0 Å². The fraction of sp³-hybridized carbons (Fsp3) is 0.333. The van der Waals surface area contributed by atoms with Crippen molar-refractivity contribution in [3.05, 3.63) is 53.2 Å². The van der Waals surface area contributed by atoms with Crippen LogP contribution < -0.4 is 9.47 Å². The number of benzene rings is 1. The number of alkyl halides is 1. The maximum Gasteiger partial charge on any atom is 0.337 e. The summed E-state index contributed by atoms with van der Waals surface area (Å²) in [5.41, 5.74) is 2.37. The fourth-order valence-corrected chi connectivity index (χ4v) is 2.91. The third kappa shape index (κ3) is 5.17. The molecule has 1 atom stereocenters. The number of carbonyl (C=O) groups is 1. The highest BCUT2D eigenvalue weighted by molar-refractivity contribution is 9.09. The van der Waals surface area contributed by atoms with Crippen LogP contribution >= 0.6 is 15.9 Å². The Balaban J connectivity index is 2.24. The molecular weight excluding hydrogens is 390 g/mol. The molecule has 0 spiro atoms. The van der Waals surface area contributed by atoms with Gasteiger partial charge in [-0.15, -0.1) is 0 Å². The van der Waals surface area contributed by atoms with Crippen molar-refractivity contribution in [2.24, 2.45) is 0 Å². The van der Waals surface area contributed by atoms with Gasteiger partial charge in [0.25, 0.3) is 0 Å². The second-order valence-electron chi connectivity index (χ2n) is 5.17. The predicted molar refractivity (Wildman–Crippen MR) is 96.4 cm³/mol. The van der Waals surface area contributed by atoms with Gasteiger partial charge in [-0.05, 0) is 24.1 Å². The molecule has 2 aromatic rings. The van der Waals surface area contributed by atoms with Gasteiger partial charge in [0.1, 0.15) is 5.75 Å². The molecule has 0 N–H and O–H groups in total. The zero-order valence-electron chi connectivity index (χ0n) is 14.3. The van der Waals surface area contributed by atoms with Gasteiger partial charge in [0, 0.05) is 23.6 Å². The van der Waals surface area contributed by atoms with E-state index < -0.39 is 0 Å². The van der Waals surface area contributed by atoms with Crippen molar-refractivity contribution in [3.63, 3.8) is 0 Å². The van der Waals surface area contributed by atoms with Crippen LogP contribution in [-0.2, 0) is 15.9 Å².